The number of halogens is 1. The van der Waals surface area contributed by atoms with Crippen molar-refractivity contribution in [2.45, 2.75) is 13.0 Å². The molecule has 0 aliphatic carbocycles. The first-order valence-electron chi connectivity index (χ1n) is 7.40. The monoisotopic (exact) mass is 357 g/mol. The molecule has 2 aromatic carbocycles. The standard InChI is InChI=1S/C19H16ClNO4/c1-12(19(22)23)25-18-14(6-4-8-17(18)24-2)9-15(11-21)13-5-3-7-16(20)10-13/h3-10,12H,1-2H3,(H,22,23)/b15-9-/t12-/m0/s1. The Morgan fingerprint density at radius 1 is 1.32 bits per heavy atom. The van der Waals surface area contributed by atoms with Gasteiger partial charge in [-0.1, -0.05) is 35.9 Å². The fraction of sp³-hybridized carbons (Fsp3) is 0.158. The number of aliphatic carboxylic acids is 1. The number of carbonyl (C=O) groups is 1. The van der Waals surface area contributed by atoms with Gasteiger partial charge in [-0.15, -0.1) is 0 Å². The van der Waals surface area contributed by atoms with Crippen LogP contribution in [0.15, 0.2) is 42.5 Å². The van der Waals surface area contributed by atoms with Gasteiger partial charge < -0.3 is 14.6 Å². The molecular formula is C19H16ClNO4. The maximum absolute atomic E-state index is 11.1. The highest BCUT2D eigenvalue weighted by molar-refractivity contribution is 6.30. The number of rotatable bonds is 6. The second kappa shape index (κ2) is 8.22. The molecule has 0 unspecified atom stereocenters. The lowest BCUT2D eigenvalue weighted by Gasteiger charge is -2.16. The Balaban J connectivity index is 2.53. The number of para-hydroxylation sites is 1. The zero-order chi connectivity index (χ0) is 18.4. The van der Waals surface area contributed by atoms with E-state index in [0.29, 0.717) is 27.5 Å². The molecule has 0 aromatic heterocycles. The van der Waals surface area contributed by atoms with E-state index in [1.54, 1.807) is 48.5 Å². The van der Waals surface area contributed by atoms with E-state index in [4.69, 9.17) is 26.2 Å². The molecule has 0 aliphatic heterocycles. The second-order valence-electron chi connectivity index (χ2n) is 5.16. The Labute approximate surface area is 150 Å². The summed E-state index contributed by atoms with van der Waals surface area (Å²) in [6.45, 7) is 1.42. The van der Waals surface area contributed by atoms with Crippen LogP contribution in [-0.2, 0) is 4.79 Å². The summed E-state index contributed by atoms with van der Waals surface area (Å²) in [4.78, 5) is 11.1. The highest BCUT2D eigenvalue weighted by Crippen LogP contribution is 2.34. The summed E-state index contributed by atoms with van der Waals surface area (Å²) >= 11 is 5.98. The molecule has 0 saturated carbocycles. The number of hydrogen-bond donors (Lipinski definition) is 1. The van der Waals surface area contributed by atoms with Gasteiger partial charge in [0.05, 0.1) is 18.8 Å². The molecule has 0 fully saturated rings. The maximum atomic E-state index is 11.1. The van der Waals surface area contributed by atoms with Crippen molar-refractivity contribution in [3.05, 3.63) is 58.6 Å². The molecule has 0 radical (unpaired) electrons. The highest BCUT2D eigenvalue weighted by atomic mass is 35.5. The lowest BCUT2D eigenvalue weighted by atomic mass is 10.0. The topological polar surface area (TPSA) is 79.5 Å². The van der Waals surface area contributed by atoms with E-state index >= 15 is 0 Å². The normalized spacial score (nSPS) is 12.2. The van der Waals surface area contributed by atoms with Gasteiger partial charge in [0.15, 0.2) is 17.6 Å². The molecular weight excluding hydrogens is 342 g/mol. The van der Waals surface area contributed by atoms with E-state index in [2.05, 4.69) is 6.07 Å². The molecule has 0 saturated heterocycles. The molecule has 0 bridgehead atoms. The number of carboxylic acids is 1. The Hall–Kier alpha value is -2.97. The van der Waals surface area contributed by atoms with Crippen LogP contribution in [0.2, 0.25) is 5.02 Å². The minimum absolute atomic E-state index is 0.259. The second-order valence-corrected chi connectivity index (χ2v) is 5.59. The quantitative estimate of drug-likeness (QED) is 0.617. The number of nitrogens with zero attached hydrogens (tertiary/aromatic N) is 1. The van der Waals surface area contributed by atoms with Gasteiger partial charge in [-0.05, 0) is 36.8 Å². The summed E-state index contributed by atoms with van der Waals surface area (Å²) in [6, 6.07) is 14.1. The lowest BCUT2D eigenvalue weighted by molar-refractivity contribution is -0.144. The van der Waals surface area contributed by atoms with Crippen molar-refractivity contribution in [3.63, 3.8) is 0 Å². The molecule has 6 heteroatoms. The molecule has 1 N–H and O–H groups in total. The van der Waals surface area contributed by atoms with Crippen molar-refractivity contribution in [2.75, 3.05) is 7.11 Å². The van der Waals surface area contributed by atoms with Crippen LogP contribution < -0.4 is 9.47 Å². The number of methoxy groups -OCH3 is 1. The third kappa shape index (κ3) is 4.52. The van der Waals surface area contributed by atoms with Crippen molar-refractivity contribution in [3.8, 4) is 17.6 Å². The number of carboxylic acid groups (broad SMARTS) is 1. The maximum Gasteiger partial charge on any atom is 0.344 e. The molecule has 2 aromatic rings. The van der Waals surface area contributed by atoms with Gasteiger partial charge >= 0.3 is 5.97 Å². The van der Waals surface area contributed by atoms with Gasteiger partial charge in [-0.25, -0.2) is 4.79 Å². The van der Waals surface area contributed by atoms with Crippen LogP contribution in [0.3, 0.4) is 0 Å². The molecule has 25 heavy (non-hydrogen) atoms. The van der Waals surface area contributed by atoms with E-state index in [0.717, 1.165) is 0 Å². The Morgan fingerprint density at radius 2 is 2.04 bits per heavy atom. The number of benzene rings is 2. The van der Waals surface area contributed by atoms with E-state index < -0.39 is 12.1 Å². The van der Waals surface area contributed by atoms with Crippen LogP contribution in [-0.4, -0.2) is 24.3 Å². The van der Waals surface area contributed by atoms with Crippen molar-refractivity contribution >= 4 is 29.2 Å². The average molecular weight is 358 g/mol. The summed E-state index contributed by atoms with van der Waals surface area (Å²) in [5.41, 5.74) is 1.54. The first-order valence-corrected chi connectivity index (χ1v) is 7.78. The van der Waals surface area contributed by atoms with Crippen LogP contribution in [0, 0.1) is 11.3 Å². The van der Waals surface area contributed by atoms with Gasteiger partial charge in [0.1, 0.15) is 0 Å². The van der Waals surface area contributed by atoms with Crippen molar-refractivity contribution in [1.82, 2.24) is 0 Å². The molecule has 0 spiro atoms. The molecule has 5 nitrogen and oxygen atoms in total. The smallest absolute Gasteiger partial charge is 0.344 e. The van der Waals surface area contributed by atoms with Crippen LogP contribution in [0.4, 0.5) is 0 Å². The van der Waals surface area contributed by atoms with E-state index in [-0.39, 0.29) is 5.75 Å². The summed E-state index contributed by atoms with van der Waals surface area (Å²) in [7, 11) is 1.46. The molecule has 0 heterocycles. The molecule has 0 aliphatic rings. The first kappa shape index (κ1) is 18.4. The zero-order valence-electron chi connectivity index (χ0n) is 13.7. The fourth-order valence-electron chi connectivity index (χ4n) is 2.15. The van der Waals surface area contributed by atoms with Gasteiger partial charge in [0, 0.05) is 10.6 Å². The Morgan fingerprint density at radius 3 is 2.64 bits per heavy atom. The predicted molar refractivity (Wildman–Crippen MR) is 95.7 cm³/mol. The number of nitriles is 1. The van der Waals surface area contributed by atoms with E-state index in [1.807, 2.05) is 0 Å². The average Bonchev–Trinajstić information content (AvgIpc) is 2.60. The van der Waals surface area contributed by atoms with Crippen LogP contribution >= 0.6 is 11.6 Å². The van der Waals surface area contributed by atoms with Crippen molar-refractivity contribution < 1.29 is 19.4 Å². The molecule has 2 rings (SSSR count). The lowest BCUT2D eigenvalue weighted by Crippen LogP contribution is -2.23. The third-order valence-corrected chi connectivity index (χ3v) is 3.66. The first-order chi connectivity index (χ1) is 12.0. The third-order valence-electron chi connectivity index (χ3n) is 3.43. The summed E-state index contributed by atoms with van der Waals surface area (Å²) in [6.07, 6.45) is 0.540. The molecule has 1 atom stereocenters. The minimum Gasteiger partial charge on any atom is -0.493 e. The van der Waals surface area contributed by atoms with Crippen LogP contribution in [0.25, 0.3) is 11.6 Å². The Bertz CT molecular complexity index is 855. The van der Waals surface area contributed by atoms with Gasteiger partial charge in [-0.2, -0.15) is 5.26 Å². The van der Waals surface area contributed by atoms with Crippen molar-refractivity contribution in [1.29, 1.82) is 5.26 Å². The predicted octanol–water partition coefficient (Wildman–Crippen LogP) is 4.26. The molecule has 0 amide bonds. The summed E-state index contributed by atoms with van der Waals surface area (Å²) in [5, 5.41) is 19.1. The van der Waals surface area contributed by atoms with Crippen LogP contribution in [0.5, 0.6) is 11.5 Å². The molecule has 128 valence electrons. The SMILES string of the molecule is COc1cccc(/C=C(/C#N)c2cccc(Cl)c2)c1O[C@@H](C)C(=O)O. The minimum atomic E-state index is -1.10. The largest absolute Gasteiger partial charge is 0.493 e. The van der Waals surface area contributed by atoms with Gasteiger partial charge in [0.25, 0.3) is 0 Å². The zero-order valence-corrected chi connectivity index (χ0v) is 14.4. The highest BCUT2D eigenvalue weighted by Gasteiger charge is 2.18. The number of ether oxygens (including phenoxy) is 2. The van der Waals surface area contributed by atoms with Gasteiger partial charge in [-0.3, -0.25) is 0 Å². The van der Waals surface area contributed by atoms with Crippen LogP contribution in [0.1, 0.15) is 18.1 Å². The van der Waals surface area contributed by atoms with E-state index in [1.165, 1.54) is 14.0 Å². The van der Waals surface area contributed by atoms with E-state index in [9.17, 15) is 10.1 Å². The van der Waals surface area contributed by atoms with Gasteiger partial charge in [0.2, 0.25) is 0 Å². The summed E-state index contributed by atoms with van der Waals surface area (Å²) in [5.74, 6) is -0.462. The summed E-state index contributed by atoms with van der Waals surface area (Å²) < 4.78 is 10.8. The fourth-order valence-corrected chi connectivity index (χ4v) is 2.34. The number of allylic oxidation sites excluding steroid dienone is 1. The van der Waals surface area contributed by atoms with Crippen molar-refractivity contribution in [2.24, 2.45) is 0 Å². The Kier molecular flexibility index (Phi) is 6.04. The number of hydrogen-bond acceptors (Lipinski definition) is 4.